The van der Waals surface area contributed by atoms with Gasteiger partial charge in [0.1, 0.15) is 6.29 Å². The van der Waals surface area contributed by atoms with Gasteiger partial charge in [0.15, 0.2) is 0 Å². The fraction of sp³-hybridized carbons (Fsp3) is 0.800. The maximum Gasteiger partial charge on any atom is 0.236 e. The summed E-state index contributed by atoms with van der Waals surface area (Å²) in [4.78, 5) is 21.8. The number of hydrazine groups is 1. The maximum atomic E-state index is 11.6. The van der Waals surface area contributed by atoms with E-state index < -0.39 is 0 Å². The smallest absolute Gasteiger partial charge is 0.236 e. The first-order chi connectivity index (χ1) is 6.79. The zero-order valence-corrected chi connectivity index (χ0v) is 8.74. The fourth-order valence-electron chi connectivity index (χ4n) is 1.73. The average molecular weight is 198 g/mol. The van der Waals surface area contributed by atoms with E-state index in [1.54, 1.807) is 5.01 Å². The predicted molar refractivity (Wildman–Crippen MR) is 53.5 cm³/mol. The molecule has 0 atom stereocenters. The van der Waals surface area contributed by atoms with Crippen molar-refractivity contribution in [2.24, 2.45) is 0 Å². The van der Waals surface area contributed by atoms with Crippen molar-refractivity contribution in [1.29, 1.82) is 0 Å². The maximum absolute atomic E-state index is 11.6. The van der Waals surface area contributed by atoms with Crippen LogP contribution in [-0.2, 0) is 9.59 Å². The molecule has 1 rings (SSSR count). The summed E-state index contributed by atoms with van der Waals surface area (Å²) in [5.41, 5.74) is 0. The van der Waals surface area contributed by atoms with Crippen LogP contribution < -0.4 is 0 Å². The normalized spacial score (nSPS) is 18.6. The van der Waals surface area contributed by atoms with E-state index in [9.17, 15) is 9.59 Å². The van der Waals surface area contributed by atoms with Crippen molar-refractivity contribution in [3.63, 3.8) is 0 Å². The molecule has 0 aromatic carbocycles. The van der Waals surface area contributed by atoms with E-state index in [0.29, 0.717) is 19.4 Å². The van der Waals surface area contributed by atoms with Crippen LogP contribution in [0.15, 0.2) is 0 Å². The SMILES string of the molecule is CCCN1C(=O)CCCN1CCC=O. The van der Waals surface area contributed by atoms with Gasteiger partial charge in [0.25, 0.3) is 0 Å². The largest absolute Gasteiger partial charge is 0.303 e. The van der Waals surface area contributed by atoms with Gasteiger partial charge in [-0.1, -0.05) is 6.92 Å². The van der Waals surface area contributed by atoms with Crippen molar-refractivity contribution < 1.29 is 9.59 Å². The molecular formula is C10H18N2O2. The van der Waals surface area contributed by atoms with Crippen LogP contribution in [-0.4, -0.2) is 41.8 Å². The van der Waals surface area contributed by atoms with Crippen LogP contribution >= 0.6 is 0 Å². The van der Waals surface area contributed by atoms with Crippen molar-refractivity contribution in [2.75, 3.05) is 19.6 Å². The lowest BCUT2D eigenvalue weighted by Gasteiger charge is -2.38. The standard InChI is InChI=1S/C10H18N2O2/c1-2-6-12-10(14)5-3-7-11(12)8-4-9-13/h9H,2-8H2,1H3. The molecule has 0 unspecified atom stereocenters. The summed E-state index contributed by atoms with van der Waals surface area (Å²) in [5.74, 6) is 0.198. The van der Waals surface area contributed by atoms with E-state index in [0.717, 1.165) is 32.2 Å². The van der Waals surface area contributed by atoms with Gasteiger partial charge in [0.2, 0.25) is 5.91 Å². The fourth-order valence-corrected chi connectivity index (χ4v) is 1.73. The second-order valence-electron chi connectivity index (χ2n) is 3.53. The first-order valence-corrected chi connectivity index (χ1v) is 5.28. The summed E-state index contributed by atoms with van der Waals surface area (Å²) in [5, 5.41) is 3.80. The number of aldehydes is 1. The molecule has 1 saturated heterocycles. The minimum Gasteiger partial charge on any atom is -0.303 e. The van der Waals surface area contributed by atoms with E-state index in [1.807, 2.05) is 5.01 Å². The molecule has 0 aromatic heterocycles. The Morgan fingerprint density at radius 2 is 2.21 bits per heavy atom. The van der Waals surface area contributed by atoms with Gasteiger partial charge in [-0.25, -0.2) is 5.01 Å². The predicted octanol–water partition coefficient (Wildman–Crippen LogP) is 0.825. The molecule has 0 aromatic rings. The average Bonchev–Trinajstić information content (AvgIpc) is 2.19. The van der Waals surface area contributed by atoms with Crippen LogP contribution in [0.5, 0.6) is 0 Å². The number of rotatable bonds is 5. The second kappa shape index (κ2) is 5.75. The molecule has 0 radical (unpaired) electrons. The topological polar surface area (TPSA) is 40.6 Å². The number of amides is 1. The molecule has 1 heterocycles. The first kappa shape index (κ1) is 11.2. The molecule has 1 aliphatic heterocycles. The van der Waals surface area contributed by atoms with Crippen molar-refractivity contribution >= 4 is 12.2 Å². The molecule has 0 aliphatic carbocycles. The van der Waals surface area contributed by atoms with Gasteiger partial charge < -0.3 is 4.79 Å². The van der Waals surface area contributed by atoms with Gasteiger partial charge in [-0.15, -0.1) is 0 Å². The molecule has 0 spiro atoms. The minimum atomic E-state index is 0.198. The first-order valence-electron chi connectivity index (χ1n) is 5.28. The molecule has 4 heteroatoms. The van der Waals surface area contributed by atoms with Crippen LogP contribution in [0.25, 0.3) is 0 Å². The van der Waals surface area contributed by atoms with E-state index in [-0.39, 0.29) is 5.91 Å². The van der Waals surface area contributed by atoms with Gasteiger partial charge in [0.05, 0.1) is 0 Å². The highest BCUT2D eigenvalue weighted by Crippen LogP contribution is 2.12. The van der Waals surface area contributed by atoms with Gasteiger partial charge in [-0.05, 0) is 12.8 Å². The molecule has 0 saturated carbocycles. The third kappa shape index (κ3) is 2.80. The summed E-state index contributed by atoms with van der Waals surface area (Å²) in [7, 11) is 0. The number of carbonyl (C=O) groups excluding carboxylic acids is 2. The summed E-state index contributed by atoms with van der Waals surface area (Å²) >= 11 is 0. The summed E-state index contributed by atoms with van der Waals surface area (Å²) in [6.45, 7) is 4.41. The zero-order valence-electron chi connectivity index (χ0n) is 8.74. The van der Waals surface area contributed by atoms with Gasteiger partial charge in [0, 0.05) is 32.5 Å². The van der Waals surface area contributed by atoms with Crippen molar-refractivity contribution in [3.8, 4) is 0 Å². The molecule has 4 nitrogen and oxygen atoms in total. The molecule has 0 N–H and O–H groups in total. The second-order valence-corrected chi connectivity index (χ2v) is 3.53. The van der Waals surface area contributed by atoms with Crippen LogP contribution in [0.3, 0.4) is 0 Å². The van der Waals surface area contributed by atoms with Crippen molar-refractivity contribution in [2.45, 2.75) is 32.6 Å². The Labute approximate surface area is 84.8 Å². The Morgan fingerprint density at radius 3 is 2.86 bits per heavy atom. The lowest BCUT2D eigenvalue weighted by Crippen LogP contribution is -2.51. The van der Waals surface area contributed by atoms with Crippen LogP contribution in [0, 0.1) is 0 Å². The Balaban J connectivity index is 2.50. The number of hydrogen-bond donors (Lipinski definition) is 0. The van der Waals surface area contributed by atoms with E-state index in [2.05, 4.69) is 6.92 Å². The molecule has 80 valence electrons. The lowest BCUT2D eigenvalue weighted by molar-refractivity contribution is -0.155. The lowest BCUT2D eigenvalue weighted by atomic mass is 10.2. The van der Waals surface area contributed by atoms with Crippen molar-refractivity contribution in [1.82, 2.24) is 10.0 Å². The summed E-state index contributed by atoms with van der Waals surface area (Å²) < 4.78 is 0. The molecule has 1 fully saturated rings. The number of hydrogen-bond acceptors (Lipinski definition) is 3. The summed E-state index contributed by atoms with van der Waals surface area (Å²) in [6, 6.07) is 0. The molecular weight excluding hydrogens is 180 g/mol. The zero-order chi connectivity index (χ0) is 10.4. The summed E-state index contributed by atoms with van der Waals surface area (Å²) in [6.07, 6.45) is 3.94. The molecule has 14 heavy (non-hydrogen) atoms. The van der Waals surface area contributed by atoms with Crippen molar-refractivity contribution in [3.05, 3.63) is 0 Å². The Morgan fingerprint density at radius 1 is 1.43 bits per heavy atom. The monoisotopic (exact) mass is 198 g/mol. The van der Waals surface area contributed by atoms with Gasteiger partial charge in [-0.2, -0.15) is 0 Å². The Bertz CT molecular complexity index is 206. The third-order valence-corrected chi connectivity index (χ3v) is 2.38. The Hall–Kier alpha value is -0.900. The number of carbonyl (C=O) groups is 2. The molecule has 1 aliphatic rings. The van der Waals surface area contributed by atoms with Gasteiger partial charge >= 0.3 is 0 Å². The van der Waals surface area contributed by atoms with Crippen LogP contribution in [0.2, 0.25) is 0 Å². The highest BCUT2D eigenvalue weighted by Gasteiger charge is 2.24. The highest BCUT2D eigenvalue weighted by molar-refractivity contribution is 5.76. The van der Waals surface area contributed by atoms with Crippen LogP contribution in [0.4, 0.5) is 0 Å². The van der Waals surface area contributed by atoms with E-state index >= 15 is 0 Å². The third-order valence-electron chi connectivity index (χ3n) is 2.38. The Kier molecular flexibility index (Phi) is 4.59. The number of nitrogens with zero attached hydrogens (tertiary/aromatic N) is 2. The molecule has 1 amide bonds. The van der Waals surface area contributed by atoms with Crippen LogP contribution in [0.1, 0.15) is 32.6 Å². The highest BCUT2D eigenvalue weighted by atomic mass is 16.2. The van der Waals surface area contributed by atoms with E-state index in [4.69, 9.17) is 0 Å². The molecule has 0 bridgehead atoms. The quantitative estimate of drug-likeness (QED) is 0.614. The minimum absolute atomic E-state index is 0.198. The van der Waals surface area contributed by atoms with E-state index in [1.165, 1.54) is 0 Å². The van der Waals surface area contributed by atoms with Gasteiger partial charge in [-0.3, -0.25) is 9.80 Å².